The lowest BCUT2D eigenvalue weighted by Gasteiger charge is -2.17. The molecule has 0 atom stereocenters. The summed E-state index contributed by atoms with van der Waals surface area (Å²) in [5, 5.41) is 5.27. The van der Waals surface area contributed by atoms with E-state index in [0.29, 0.717) is 0 Å². The van der Waals surface area contributed by atoms with Gasteiger partial charge in [-0.2, -0.15) is 0 Å². The smallest absolute Gasteiger partial charge is 0.239 e. The maximum atomic E-state index is 11.4. The third kappa shape index (κ3) is 5.56. The molecular formula is C10H20N2O2. The summed E-state index contributed by atoms with van der Waals surface area (Å²) in [4.78, 5) is 22.5. The molecule has 0 radical (unpaired) electrons. The molecule has 0 unspecified atom stereocenters. The Labute approximate surface area is 85.4 Å². The van der Waals surface area contributed by atoms with Gasteiger partial charge in [0.1, 0.15) is 0 Å². The van der Waals surface area contributed by atoms with Crippen LogP contribution < -0.4 is 10.6 Å². The van der Waals surface area contributed by atoms with Crippen molar-refractivity contribution in [2.75, 3.05) is 6.54 Å². The minimum Gasteiger partial charge on any atom is -0.352 e. The molecular weight excluding hydrogens is 180 g/mol. The molecule has 2 amide bonds. The van der Waals surface area contributed by atoms with Gasteiger partial charge in [-0.05, 0) is 13.8 Å². The first-order valence-electron chi connectivity index (χ1n) is 4.81. The molecule has 0 saturated carbocycles. The summed E-state index contributed by atoms with van der Waals surface area (Å²) >= 11 is 0. The average Bonchev–Trinajstić information content (AvgIpc) is 1.96. The van der Waals surface area contributed by atoms with Crippen molar-refractivity contribution in [3.8, 4) is 0 Å². The van der Waals surface area contributed by atoms with E-state index >= 15 is 0 Å². The molecule has 14 heavy (non-hydrogen) atoms. The molecule has 0 aliphatic rings. The van der Waals surface area contributed by atoms with E-state index in [2.05, 4.69) is 10.6 Å². The van der Waals surface area contributed by atoms with Crippen LogP contribution >= 0.6 is 0 Å². The minimum atomic E-state index is -0.446. The summed E-state index contributed by atoms with van der Waals surface area (Å²) < 4.78 is 0. The van der Waals surface area contributed by atoms with Gasteiger partial charge in [0.2, 0.25) is 11.8 Å². The van der Waals surface area contributed by atoms with Gasteiger partial charge >= 0.3 is 0 Å². The van der Waals surface area contributed by atoms with Crippen molar-refractivity contribution in [1.82, 2.24) is 10.6 Å². The molecule has 0 aliphatic heterocycles. The monoisotopic (exact) mass is 200 g/mol. The molecule has 82 valence electrons. The summed E-state index contributed by atoms with van der Waals surface area (Å²) in [5.74, 6) is -0.269. The van der Waals surface area contributed by atoms with Gasteiger partial charge in [0.25, 0.3) is 0 Å². The van der Waals surface area contributed by atoms with E-state index in [4.69, 9.17) is 0 Å². The van der Waals surface area contributed by atoms with E-state index in [1.807, 2.05) is 34.6 Å². The lowest BCUT2D eigenvalue weighted by Crippen LogP contribution is -2.43. The Balaban J connectivity index is 3.84. The molecule has 0 aliphatic carbocycles. The van der Waals surface area contributed by atoms with Crippen LogP contribution in [0.4, 0.5) is 0 Å². The van der Waals surface area contributed by atoms with E-state index < -0.39 is 5.41 Å². The molecule has 4 heteroatoms. The Morgan fingerprint density at radius 3 is 2.07 bits per heavy atom. The largest absolute Gasteiger partial charge is 0.352 e. The second-order valence-electron chi connectivity index (χ2n) is 4.65. The highest BCUT2D eigenvalue weighted by Crippen LogP contribution is 2.11. The summed E-state index contributed by atoms with van der Waals surface area (Å²) in [6.07, 6.45) is 0. The summed E-state index contributed by atoms with van der Waals surface area (Å²) in [6.45, 7) is 9.23. The molecule has 4 nitrogen and oxygen atoms in total. The molecule has 0 heterocycles. The highest BCUT2D eigenvalue weighted by atomic mass is 16.2. The van der Waals surface area contributed by atoms with Crippen molar-refractivity contribution in [2.45, 2.75) is 40.7 Å². The highest BCUT2D eigenvalue weighted by molar-refractivity contribution is 5.87. The van der Waals surface area contributed by atoms with Crippen molar-refractivity contribution < 1.29 is 9.59 Å². The molecule has 0 aromatic rings. The lowest BCUT2D eigenvalue weighted by atomic mass is 9.96. The van der Waals surface area contributed by atoms with E-state index in [-0.39, 0.29) is 24.4 Å². The highest BCUT2D eigenvalue weighted by Gasteiger charge is 2.21. The van der Waals surface area contributed by atoms with Gasteiger partial charge in [-0.25, -0.2) is 0 Å². The first-order valence-corrected chi connectivity index (χ1v) is 4.81. The number of amides is 2. The molecule has 2 N–H and O–H groups in total. The quantitative estimate of drug-likeness (QED) is 0.703. The van der Waals surface area contributed by atoms with E-state index in [9.17, 15) is 9.59 Å². The van der Waals surface area contributed by atoms with Gasteiger partial charge < -0.3 is 10.6 Å². The summed E-state index contributed by atoms with van der Waals surface area (Å²) in [7, 11) is 0. The zero-order chi connectivity index (χ0) is 11.4. The Kier molecular flexibility index (Phi) is 4.60. The number of carbonyl (C=O) groups is 2. The van der Waals surface area contributed by atoms with Gasteiger partial charge in [-0.3, -0.25) is 9.59 Å². The predicted octanol–water partition coefficient (Wildman–Crippen LogP) is 0.673. The van der Waals surface area contributed by atoms with Crippen molar-refractivity contribution >= 4 is 11.8 Å². The van der Waals surface area contributed by atoms with Crippen LogP contribution in [0.15, 0.2) is 0 Å². The number of rotatable bonds is 3. The van der Waals surface area contributed by atoms with Gasteiger partial charge in [0, 0.05) is 11.5 Å². The zero-order valence-electron chi connectivity index (χ0n) is 9.60. The fraction of sp³-hybridized carbons (Fsp3) is 0.800. The number of nitrogens with one attached hydrogen (secondary N) is 2. The number of hydrogen-bond donors (Lipinski definition) is 2. The first-order chi connectivity index (χ1) is 6.23. The first kappa shape index (κ1) is 12.9. The Morgan fingerprint density at radius 2 is 1.71 bits per heavy atom. The normalized spacial score (nSPS) is 11.3. The molecule has 0 aromatic heterocycles. The van der Waals surface area contributed by atoms with Crippen LogP contribution in [0, 0.1) is 5.41 Å². The predicted molar refractivity (Wildman–Crippen MR) is 55.7 cm³/mol. The topological polar surface area (TPSA) is 58.2 Å². The summed E-state index contributed by atoms with van der Waals surface area (Å²) in [5.41, 5.74) is -0.446. The standard InChI is InChI=1S/C10H20N2O2/c1-7(2)12-8(13)6-11-9(14)10(3,4)5/h7H,6H2,1-5H3,(H,11,14)(H,12,13). The van der Waals surface area contributed by atoms with Crippen LogP contribution in [-0.2, 0) is 9.59 Å². The zero-order valence-corrected chi connectivity index (χ0v) is 9.60. The van der Waals surface area contributed by atoms with Crippen molar-refractivity contribution in [2.24, 2.45) is 5.41 Å². The van der Waals surface area contributed by atoms with Crippen molar-refractivity contribution in [3.05, 3.63) is 0 Å². The Hall–Kier alpha value is -1.06. The Morgan fingerprint density at radius 1 is 1.21 bits per heavy atom. The van der Waals surface area contributed by atoms with Crippen LogP contribution in [0.5, 0.6) is 0 Å². The third-order valence-electron chi connectivity index (χ3n) is 1.54. The third-order valence-corrected chi connectivity index (χ3v) is 1.54. The maximum Gasteiger partial charge on any atom is 0.239 e. The molecule has 0 rings (SSSR count). The summed E-state index contributed by atoms with van der Waals surface area (Å²) in [6, 6.07) is 0.106. The van der Waals surface area contributed by atoms with Crippen LogP contribution in [0.3, 0.4) is 0 Å². The SMILES string of the molecule is CC(C)NC(=O)CNC(=O)C(C)(C)C. The maximum absolute atomic E-state index is 11.4. The number of hydrogen-bond acceptors (Lipinski definition) is 2. The van der Waals surface area contributed by atoms with E-state index in [0.717, 1.165) is 0 Å². The molecule has 0 fully saturated rings. The molecule has 0 bridgehead atoms. The van der Waals surface area contributed by atoms with Gasteiger partial charge in [-0.15, -0.1) is 0 Å². The number of carbonyl (C=O) groups excluding carboxylic acids is 2. The van der Waals surface area contributed by atoms with Gasteiger partial charge in [-0.1, -0.05) is 20.8 Å². The fourth-order valence-electron chi connectivity index (χ4n) is 0.799. The van der Waals surface area contributed by atoms with Crippen LogP contribution in [0.25, 0.3) is 0 Å². The van der Waals surface area contributed by atoms with E-state index in [1.54, 1.807) is 0 Å². The van der Waals surface area contributed by atoms with Crippen molar-refractivity contribution in [3.63, 3.8) is 0 Å². The van der Waals surface area contributed by atoms with Gasteiger partial charge in [0.15, 0.2) is 0 Å². The van der Waals surface area contributed by atoms with E-state index in [1.165, 1.54) is 0 Å². The molecule has 0 spiro atoms. The van der Waals surface area contributed by atoms with Crippen molar-refractivity contribution in [1.29, 1.82) is 0 Å². The van der Waals surface area contributed by atoms with Crippen LogP contribution in [-0.4, -0.2) is 24.4 Å². The molecule has 0 saturated heterocycles. The Bertz CT molecular complexity index is 217. The van der Waals surface area contributed by atoms with Gasteiger partial charge in [0.05, 0.1) is 6.54 Å². The minimum absolute atomic E-state index is 0.0499. The van der Waals surface area contributed by atoms with Crippen LogP contribution in [0.1, 0.15) is 34.6 Å². The van der Waals surface area contributed by atoms with Crippen LogP contribution in [0.2, 0.25) is 0 Å². The lowest BCUT2D eigenvalue weighted by molar-refractivity contribution is -0.131. The second kappa shape index (κ2) is 4.98. The average molecular weight is 200 g/mol. The second-order valence-corrected chi connectivity index (χ2v) is 4.65. The molecule has 0 aromatic carbocycles. The fourth-order valence-corrected chi connectivity index (χ4v) is 0.799.